The molecule has 5 rings (SSSR count). The molecule has 7 nitrogen and oxygen atoms in total. The summed E-state index contributed by atoms with van der Waals surface area (Å²) in [6.45, 7) is 6.41. The zero-order chi connectivity index (χ0) is 24.4. The van der Waals surface area contributed by atoms with Crippen LogP contribution in [0.25, 0.3) is 22.3 Å². The van der Waals surface area contributed by atoms with Crippen molar-refractivity contribution < 1.29 is 13.9 Å². The van der Waals surface area contributed by atoms with E-state index >= 15 is 0 Å². The van der Waals surface area contributed by atoms with Crippen LogP contribution in [0.4, 0.5) is 4.39 Å². The molecule has 1 fully saturated rings. The topological polar surface area (TPSA) is 73.1 Å². The molecule has 2 aromatic heterocycles. The van der Waals surface area contributed by atoms with Crippen LogP contribution in [0.5, 0.6) is 11.5 Å². The minimum absolute atomic E-state index is 0.0463. The summed E-state index contributed by atoms with van der Waals surface area (Å²) in [5.74, 6) is 1.17. The Bertz CT molecular complexity index is 1370. The molecule has 1 aliphatic heterocycles. The Morgan fingerprint density at radius 1 is 1.26 bits per heavy atom. The number of benzene rings is 2. The molecule has 0 N–H and O–H groups in total. The maximum absolute atomic E-state index is 13.6. The summed E-state index contributed by atoms with van der Waals surface area (Å²) in [7, 11) is 0. The fraction of sp³-hybridized carbons (Fsp3) is 0.259. The Balaban J connectivity index is 1.41. The van der Waals surface area contributed by atoms with Gasteiger partial charge < -0.3 is 9.64 Å². The van der Waals surface area contributed by atoms with E-state index in [0.29, 0.717) is 23.6 Å². The van der Waals surface area contributed by atoms with Crippen LogP contribution in [-0.4, -0.2) is 43.1 Å². The van der Waals surface area contributed by atoms with Crippen molar-refractivity contribution in [3.63, 3.8) is 0 Å². The van der Waals surface area contributed by atoms with Gasteiger partial charge in [0.25, 0.3) is 0 Å². The quantitative estimate of drug-likeness (QED) is 0.333. The summed E-state index contributed by atoms with van der Waals surface area (Å²) in [5.41, 5.74) is 2.96. The lowest BCUT2D eigenvalue weighted by atomic mass is 10.1. The van der Waals surface area contributed by atoms with Crippen molar-refractivity contribution in [1.29, 1.82) is 0 Å². The van der Waals surface area contributed by atoms with E-state index < -0.39 is 6.17 Å². The van der Waals surface area contributed by atoms with Crippen molar-refractivity contribution >= 4 is 16.9 Å². The van der Waals surface area contributed by atoms with E-state index in [2.05, 4.69) is 16.5 Å². The van der Waals surface area contributed by atoms with Crippen LogP contribution in [-0.2, 0) is 11.3 Å². The first-order chi connectivity index (χ1) is 17.0. The van der Waals surface area contributed by atoms with E-state index in [4.69, 9.17) is 9.84 Å². The maximum Gasteiger partial charge on any atom is 0.246 e. The lowest BCUT2D eigenvalue weighted by molar-refractivity contribution is -0.127. The zero-order valence-electron chi connectivity index (χ0n) is 19.5. The van der Waals surface area contributed by atoms with Gasteiger partial charge in [-0.15, -0.1) is 0 Å². The normalized spacial score (nSPS) is 16.4. The molecule has 1 saturated heterocycles. The molecule has 35 heavy (non-hydrogen) atoms. The number of carbonyl (C=O) groups excluding carboxylic acids is 1. The highest BCUT2D eigenvalue weighted by Gasteiger charge is 2.29. The van der Waals surface area contributed by atoms with Crippen molar-refractivity contribution in [2.45, 2.75) is 38.5 Å². The number of likely N-dealkylation sites (tertiary alicyclic amines) is 1. The highest BCUT2D eigenvalue weighted by Crippen LogP contribution is 2.31. The highest BCUT2D eigenvalue weighted by molar-refractivity contribution is 5.90. The minimum Gasteiger partial charge on any atom is -0.457 e. The molecule has 4 aromatic rings. The molecule has 3 heterocycles. The van der Waals surface area contributed by atoms with E-state index in [1.807, 2.05) is 33.8 Å². The number of aromatic nitrogens is 4. The van der Waals surface area contributed by atoms with Gasteiger partial charge >= 0.3 is 0 Å². The standard InChI is InChI=1S/C27H26FN5O2/c1-3-25(34)32-13-5-7-21(32)16-33-27-24(15-29-17-30-27)26(31-33)19-9-11-22(12-10-19)35-23-8-4-6-20(14-23)18(2)28/h3-4,6,8-12,14-15,17-18,21H,1,5,7,13,16H2,2H3. The molecule has 2 aromatic carbocycles. The van der Waals surface area contributed by atoms with Gasteiger partial charge in [0.1, 0.15) is 29.7 Å². The number of hydrogen-bond acceptors (Lipinski definition) is 5. The predicted molar refractivity (Wildman–Crippen MR) is 132 cm³/mol. The minimum atomic E-state index is -1.06. The van der Waals surface area contributed by atoms with Crippen LogP contribution < -0.4 is 4.74 Å². The number of carbonyl (C=O) groups is 1. The lowest BCUT2D eigenvalue weighted by Crippen LogP contribution is -2.37. The second kappa shape index (κ2) is 9.66. The van der Waals surface area contributed by atoms with E-state index in [0.717, 1.165) is 41.7 Å². The number of ether oxygens (including phenoxy) is 1. The van der Waals surface area contributed by atoms with Gasteiger partial charge in [0.15, 0.2) is 5.65 Å². The number of amides is 1. The molecule has 8 heteroatoms. The first-order valence-corrected chi connectivity index (χ1v) is 11.7. The Labute approximate surface area is 202 Å². The van der Waals surface area contributed by atoms with Crippen molar-refractivity contribution in [3.8, 4) is 22.8 Å². The third-order valence-electron chi connectivity index (χ3n) is 6.31. The molecular weight excluding hydrogens is 445 g/mol. The van der Waals surface area contributed by atoms with Crippen LogP contribution in [0.1, 0.15) is 31.5 Å². The smallest absolute Gasteiger partial charge is 0.246 e. The molecule has 1 aliphatic rings. The Morgan fingerprint density at radius 2 is 2.09 bits per heavy atom. The molecule has 2 unspecified atom stereocenters. The van der Waals surface area contributed by atoms with Gasteiger partial charge in [-0.25, -0.2) is 19.0 Å². The second-order valence-corrected chi connectivity index (χ2v) is 8.64. The number of alkyl halides is 1. The van der Waals surface area contributed by atoms with Gasteiger partial charge in [-0.1, -0.05) is 18.7 Å². The number of hydrogen-bond donors (Lipinski definition) is 0. The van der Waals surface area contributed by atoms with Gasteiger partial charge in [0.2, 0.25) is 5.91 Å². The summed E-state index contributed by atoms with van der Waals surface area (Å²) in [6.07, 6.45) is 5.45. The van der Waals surface area contributed by atoms with Gasteiger partial charge in [0, 0.05) is 18.3 Å². The van der Waals surface area contributed by atoms with Gasteiger partial charge in [-0.2, -0.15) is 5.10 Å². The zero-order valence-corrected chi connectivity index (χ0v) is 19.5. The largest absolute Gasteiger partial charge is 0.457 e. The summed E-state index contributed by atoms with van der Waals surface area (Å²) >= 11 is 0. The van der Waals surface area contributed by atoms with Gasteiger partial charge in [-0.3, -0.25) is 4.79 Å². The number of halogens is 1. The van der Waals surface area contributed by atoms with Crippen molar-refractivity contribution in [2.24, 2.45) is 0 Å². The molecule has 0 aliphatic carbocycles. The van der Waals surface area contributed by atoms with Crippen LogP contribution in [0.15, 0.2) is 73.7 Å². The Hall–Kier alpha value is -4.07. The fourth-order valence-corrected chi connectivity index (χ4v) is 4.53. The van der Waals surface area contributed by atoms with Crippen LogP contribution in [0.2, 0.25) is 0 Å². The van der Waals surface area contributed by atoms with E-state index in [9.17, 15) is 9.18 Å². The monoisotopic (exact) mass is 471 g/mol. The SMILES string of the molecule is C=CC(=O)N1CCCC1Cn1nc(-c2ccc(Oc3cccc(C(C)F)c3)cc2)c2cncnc21. The summed E-state index contributed by atoms with van der Waals surface area (Å²) in [6, 6.07) is 14.6. The predicted octanol–water partition coefficient (Wildman–Crippen LogP) is 5.49. The summed E-state index contributed by atoms with van der Waals surface area (Å²) in [4.78, 5) is 22.8. The number of nitrogens with zero attached hydrogens (tertiary/aromatic N) is 5. The molecule has 0 radical (unpaired) electrons. The Morgan fingerprint density at radius 3 is 2.86 bits per heavy atom. The summed E-state index contributed by atoms with van der Waals surface area (Å²) in [5, 5.41) is 5.69. The lowest BCUT2D eigenvalue weighted by Gasteiger charge is -2.23. The Kier molecular flexibility index (Phi) is 6.27. The molecule has 2 atom stereocenters. The number of fused-ring (bicyclic) bond motifs is 1. The molecule has 0 spiro atoms. The van der Waals surface area contributed by atoms with Crippen LogP contribution >= 0.6 is 0 Å². The third-order valence-corrected chi connectivity index (χ3v) is 6.31. The molecule has 178 valence electrons. The highest BCUT2D eigenvalue weighted by atomic mass is 19.1. The van der Waals surface area contributed by atoms with E-state index in [1.54, 1.807) is 30.5 Å². The molecule has 0 saturated carbocycles. The van der Waals surface area contributed by atoms with Crippen LogP contribution in [0, 0.1) is 0 Å². The van der Waals surface area contributed by atoms with Gasteiger partial charge in [0.05, 0.1) is 18.0 Å². The average Bonchev–Trinajstić information content (AvgIpc) is 3.49. The third kappa shape index (κ3) is 4.64. The molecular formula is C27H26FN5O2. The first-order valence-electron chi connectivity index (χ1n) is 11.7. The molecule has 1 amide bonds. The van der Waals surface area contributed by atoms with E-state index in [1.165, 1.54) is 19.3 Å². The second-order valence-electron chi connectivity index (χ2n) is 8.64. The van der Waals surface area contributed by atoms with Crippen molar-refractivity contribution in [2.75, 3.05) is 6.54 Å². The maximum atomic E-state index is 13.6. The fourth-order valence-electron chi connectivity index (χ4n) is 4.53. The van der Waals surface area contributed by atoms with Gasteiger partial charge in [-0.05, 0) is 67.8 Å². The van der Waals surface area contributed by atoms with Crippen molar-refractivity contribution in [3.05, 3.63) is 79.3 Å². The van der Waals surface area contributed by atoms with E-state index in [-0.39, 0.29) is 11.9 Å². The summed E-state index contributed by atoms with van der Waals surface area (Å²) < 4.78 is 21.4. The molecule has 0 bridgehead atoms. The number of rotatable bonds is 7. The van der Waals surface area contributed by atoms with Crippen LogP contribution in [0.3, 0.4) is 0 Å². The average molecular weight is 472 g/mol. The van der Waals surface area contributed by atoms with Crippen molar-refractivity contribution in [1.82, 2.24) is 24.6 Å². The first kappa shape index (κ1) is 22.7.